The van der Waals surface area contributed by atoms with Gasteiger partial charge in [0.15, 0.2) is 0 Å². The molecule has 37 heavy (non-hydrogen) atoms. The summed E-state index contributed by atoms with van der Waals surface area (Å²) in [5, 5.41) is 8.61. The van der Waals surface area contributed by atoms with E-state index >= 15 is 0 Å². The summed E-state index contributed by atoms with van der Waals surface area (Å²) in [5.41, 5.74) is 2.05. The van der Waals surface area contributed by atoms with Crippen LogP contribution < -0.4 is 16.0 Å². The molecule has 1 heterocycles. The molecule has 0 spiro atoms. The van der Waals surface area contributed by atoms with Crippen molar-refractivity contribution >= 4 is 23.4 Å². The average Bonchev–Trinajstić information content (AvgIpc) is 3.45. The van der Waals surface area contributed by atoms with Gasteiger partial charge in [0.1, 0.15) is 6.04 Å². The first-order valence-corrected chi connectivity index (χ1v) is 12.1. The van der Waals surface area contributed by atoms with Crippen molar-refractivity contribution in [3.8, 4) is 0 Å². The number of benzene rings is 3. The Kier molecular flexibility index (Phi) is 8.80. The minimum Gasteiger partial charge on any atom is -0.354 e. The van der Waals surface area contributed by atoms with Crippen LogP contribution in [0.1, 0.15) is 32.7 Å². The van der Waals surface area contributed by atoms with E-state index < -0.39 is 11.9 Å². The van der Waals surface area contributed by atoms with Gasteiger partial charge in [-0.15, -0.1) is 0 Å². The van der Waals surface area contributed by atoms with Crippen LogP contribution in [0.3, 0.4) is 0 Å². The van der Waals surface area contributed by atoms with Crippen LogP contribution in [0.25, 0.3) is 0 Å². The smallest absolute Gasteiger partial charge is 0.255 e. The van der Waals surface area contributed by atoms with Crippen molar-refractivity contribution in [1.29, 1.82) is 0 Å². The number of nitrogens with zero attached hydrogens (tertiary/aromatic N) is 2. The van der Waals surface area contributed by atoms with Gasteiger partial charge < -0.3 is 20.5 Å². The van der Waals surface area contributed by atoms with Crippen LogP contribution in [-0.4, -0.2) is 39.9 Å². The zero-order valence-corrected chi connectivity index (χ0v) is 20.3. The lowest BCUT2D eigenvalue weighted by atomic mass is 10.0. The highest BCUT2D eigenvalue weighted by Crippen LogP contribution is 2.17. The Hall–Kier alpha value is -4.72. The number of rotatable bonds is 11. The predicted molar refractivity (Wildman–Crippen MR) is 142 cm³/mol. The molecule has 0 saturated heterocycles. The summed E-state index contributed by atoms with van der Waals surface area (Å²) in [7, 11) is 0. The fraction of sp³-hybridized carbons (Fsp3) is 0.172. The molecule has 0 aliphatic carbocycles. The molecule has 8 heteroatoms. The number of aryl methyl sites for hydroxylation is 1. The van der Waals surface area contributed by atoms with Gasteiger partial charge in [-0.25, -0.2) is 4.98 Å². The minimum atomic E-state index is -0.791. The summed E-state index contributed by atoms with van der Waals surface area (Å²) in [4.78, 5) is 43.1. The van der Waals surface area contributed by atoms with Crippen LogP contribution in [0.15, 0.2) is 104 Å². The predicted octanol–water partition coefficient (Wildman–Crippen LogP) is 3.68. The topological polar surface area (TPSA) is 105 Å². The molecule has 1 aromatic heterocycles. The van der Waals surface area contributed by atoms with Gasteiger partial charge in [0.25, 0.3) is 11.8 Å². The first kappa shape index (κ1) is 25.4. The maximum absolute atomic E-state index is 13.3. The lowest BCUT2D eigenvalue weighted by molar-refractivity contribution is -0.122. The monoisotopic (exact) mass is 495 g/mol. The Balaban J connectivity index is 1.44. The van der Waals surface area contributed by atoms with Crippen LogP contribution in [0.5, 0.6) is 0 Å². The molecule has 4 aromatic rings. The number of carbonyl (C=O) groups excluding carboxylic acids is 3. The molecule has 3 aromatic carbocycles. The van der Waals surface area contributed by atoms with Gasteiger partial charge in [-0.2, -0.15) is 0 Å². The molecule has 4 rings (SSSR count). The van der Waals surface area contributed by atoms with E-state index in [1.165, 1.54) is 0 Å². The van der Waals surface area contributed by atoms with Gasteiger partial charge in [0, 0.05) is 37.5 Å². The van der Waals surface area contributed by atoms with Crippen LogP contribution >= 0.6 is 0 Å². The first-order valence-electron chi connectivity index (χ1n) is 12.1. The second kappa shape index (κ2) is 12.8. The SMILES string of the molecule is O=C(Nc1ccccc1C(=O)NC(Cc1ccccc1)C(=O)NCCCn1ccnc1)c1ccccc1. The molecule has 8 nitrogen and oxygen atoms in total. The zero-order chi connectivity index (χ0) is 25.9. The highest BCUT2D eigenvalue weighted by Gasteiger charge is 2.23. The number of carbonyl (C=O) groups is 3. The fourth-order valence-corrected chi connectivity index (χ4v) is 3.88. The quantitative estimate of drug-likeness (QED) is 0.276. The van der Waals surface area contributed by atoms with E-state index in [0.29, 0.717) is 24.2 Å². The minimum absolute atomic E-state index is 0.270. The van der Waals surface area contributed by atoms with E-state index in [1.54, 1.807) is 61.1 Å². The summed E-state index contributed by atoms with van der Waals surface area (Å²) >= 11 is 0. The normalized spacial score (nSPS) is 11.4. The molecule has 0 aliphatic heterocycles. The Bertz CT molecular complexity index is 1310. The second-order valence-corrected chi connectivity index (χ2v) is 8.53. The number of aromatic nitrogens is 2. The van der Waals surface area contributed by atoms with Crippen molar-refractivity contribution in [2.24, 2.45) is 0 Å². The summed E-state index contributed by atoms with van der Waals surface area (Å²) in [6.45, 7) is 1.19. The highest BCUT2D eigenvalue weighted by molar-refractivity contribution is 6.09. The number of nitrogens with one attached hydrogen (secondary N) is 3. The third-order valence-electron chi connectivity index (χ3n) is 5.81. The van der Waals surface area contributed by atoms with E-state index in [2.05, 4.69) is 20.9 Å². The molecule has 3 N–H and O–H groups in total. The number of para-hydroxylation sites is 1. The fourth-order valence-electron chi connectivity index (χ4n) is 3.88. The maximum atomic E-state index is 13.3. The second-order valence-electron chi connectivity index (χ2n) is 8.53. The molecule has 3 amide bonds. The molecular weight excluding hydrogens is 466 g/mol. The largest absolute Gasteiger partial charge is 0.354 e. The number of amides is 3. The third kappa shape index (κ3) is 7.38. The van der Waals surface area contributed by atoms with Crippen molar-refractivity contribution < 1.29 is 14.4 Å². The van der Waals surface area contributed by atoms with Gasteiger partial charge in [-0.3, -0.25) is 14.4 Å². The van der Waals surface area contributed by atoms with Crippen molar-refractivity contribution in [1.82, 2.24) is 20.2 Å². The highest BCUT2D eigenvalue weighted by atomic mass is 16.2. The lowest BCUT2D eigenvalue weighted by Gasteiger charge is -2.20. The standard InChI is InChI=1S/C29H29N5O3/c35-27(23-12-5-2-6-13-23)32-25-15-8-7-14-24(25)28(36)33-26(20-22-10-3-1-4-11-22)29(37)31-16-9-18-34-19-17-30-21-34/h1-8,10-15,17,19,21,26H,9,16,18,20H2,(H,31,37)(H,32,35)(H,33,36). The van der Waals surface area contributed by atoms with Crippen LogP contribution in [0.4, 0.5) is 5.69 Å². The van der Waals surface area contributed by atoms with Gasteiger partial charge >= 0.3 is 0 Å². The number of hydrogen-bond acceptors (Lipinski definition) is 4. The van der Waals surface area contributed by atoms with E-state index in [9.17, 15) is 14.4 Å². The van der Waals surface area contributed by atoms with E-state index in [-0.39, 0.29) is 17.4 Å². The van der Waals surface area contributed by atoms with Gasteiger partial charge in [-0.05, 0) is 36.2 Å². The molecule has 0 saturated carbocycles. The van der Waals surface area contributed by atoms with Crippen molar-refractivity contribution in [2.75, 3.05) is 11.9 Å². The first-order chi connectivity index (χ1) is 18.1. The number of imidazole rings is 1. The Morgan fingerprint density at radius 2 is 1.54 bits per heavy atom. The Morgan fingerprint density at radius 3 is 2.27 bits per heavy atom. The maximum Gasteiger partial charge on any atom is 0.255 e. The van der Waals surface area contributed by atoms with Crippen molar-refractivity contribution in [2.45, 2.75) is 25.4 Å². The lowest BCUT2D eigenvalue weighted by Crippen LogP contribution is -2.48. The van der Waals surface area contributed by atoms with Crippen LogP contribution in [-0.2, 0) is 17.8 Å². The van der Waals surface area contributed by atoms with Crippen LogP contribution in [0.2, 0.25) is 0 Å². The van der Waals surface area contributed by atoms with E-state index in [4.69, 9.17) is 0 Å². The number of anilines is 1. The van der Waals surface area contributed by atoms with Gasteiger partial charge in [-0.1, -0.05) is 60.7 Å². The molecule has 0 radical (unpaired) electrons. The Morgan fingerprint density at radius 1 is 0.838 bits per heavy atom. The molecule has 188 valence electrons. The molecule has 1 unspecified atom stereocenters. The molecule has 1 atom stereocenters. The molecule has 0 fully saturated rings. The van der Waals surface area contributed by atoms with Crippen molar-refractivity contribution in [3.05, 3.63) is 120 Å². The van der Waals surface area contributed by atoms with Crippen LogP contribution in [0, 0.1) is 0 Å². The Labute approximate surface area is 215 Å². The van der Waals surface area contributed by atoms with Gasteiger partial charge in [0.2, 0.25) is 5.91 Å². The summed E-state index contributed by atoms with van der Waals surface area (Å²) in [6, 6.07) is 24.3. The van der Waals surface area contributed by atoms with Crippen molar-refractivity contribution in [3.63, 3.8) is 0 Å². The third-order valence-corrected chi connectivity index (χ3v) is 5.81. The summed E-state index contributed by atoms with van der Waals surface area (Å²) in [6.07, 6.45) is 6.37. The van der Waals surface area contributed by atoms with E-state index in [0.717, 1.165) is 18.5 Å². The summed E-state index contributed by atoms with van der Waals surface area (Å²) in [5.74, 6) is -1.04. The molecular formula is C29H29N5O3. The average molecular weight is 496 g/mol. The zero-order valence-electron chi connectivity index (χ0n) is 20.3. The molecule has 0 aliphatic rings. The molecule has 0 bridgehead atoms. The van der Waals surface area contributed by atoms with E-state index in [1.807, 2.05) is 47.2 Å². The summed E-state index contributed by atoms with van der Waals surface area (Å²) < 4.78 is 1.94. The number of hydrogen-bond donors (Lipinski definition) is 3. The van der Waals surface area contributed by atoms with Gasteiger partial charge in [0.05, 0.1) is 17.6 Å².